The molecule has 0 aliphatic rings. The summed E-state index contributed by atoms with van der Waals surface area (Å²) in [5.41, 5.74) is 0.454. The summed E-state index contributed by atoms with van der Waals surface area (Å²) in [6.07, 6.45) is 4.60. The monoisotopic (exact) mass is 462 g/mol. The van der Waals surface area contributed by atoms with Gasteiger partial charge in [0, 0.05) is 18.3 Å². The van der Waals surface area contributed by atoms with Crippen molar-refractivity contribution in [3.05, 3.63) is 121 Å². The van der Waals surface area contributed by atoms with Gasteiger partial charge in [-0.3, -0.25) is 0 Å². The van der Waals surface area contributed by atoms with Crippen LogP contribution in [0.2, 0.25) is 0 Å². The van der Waals surface area contributed by atoms with Crippen LogP contribution in [0.5, 0.6) is 0 Å². The number of ether oxygens (including phenoxy) is 3. The topological polar surface area (TPSA) is 27.7 Å². The van der Waals surface area contributed by atoms with Gasteiger partial charge >= 0.3 is 0 Å². The van der Waals surface area contributed by atoms with Gasteiger partial charge < -0.3 is 14.2 Å². The van der Waals surface area contributed by atoms with Crippen LogP contribution in [0, 0.1) is 0 Å². The fourth-order valence-electron chi connectivity index (χ4n) is 2.01. The molecule has 0 saturated carbocycles. The second-order valence-electron chi connectivity index (χ2n) is 7.08. The van der Waals surface area contributed by atoms with Gasteiger partial charge in [-0.05, 0) is 36.6 Å². The molecule has 0 heterocycles. The van der Waals surface area contributed by atoms with Crippen LogP contribution in [0.4, 0.5) is 13.2 Å². The van der Waals surface area contributed by atoms with E-state index in [4.69, 9.17) is 14.2 Å². The molecule has 0 aromatic carbocycles. The van der Waals surface area contributed by atoms with Gasteiger partial charge in [-0.15, -0.1) is 0 Å². The normalized spacial score (nSPS) is 14.2. The number of rotatable bonds is 16. The van der Waals surface area contributed by atoms with Crippen LogP contribution in [0.1, 0.15) is 13.8 Å². The maximum absolute atomic E-state index is 14.5. The van der Waals surface area contributed by atoms with E-state index in [2.05, 4.69) is 46.1 Å². The van der Waals surface area contributed by atoms with Gasteiger partial charge in [0.2, 0.25) is 5.83 Å². The SMILES string of the molecule is C=CCOC(=C)/C(F)=C(/F)C(=C)C(=C)/C=C\C(=C)C(=C)/C=C(/F)C(=C)C(C)OCC(C)OC. The van der Waals surface area contributed by atoms with Gasteiger partial charge in [-0.2, -0.15) is 4.39 Å². The highest BCUT2D eigenvalue weighted by atomic mass is 19.2. The van der Waals surface area contributed by atoms with Crippen LogP contribution >= 0.6 is 0 Å². The molecular weight excluding hydrogens is 429 g/mol. The van der Waals surface area contributed by atoms with Crippen molar-refractivity contribution >= 4 is 0 Å². The zero-order chi connectivity index (χ0) is 25.7. The Morgan fingerprint density at radius 1 is 0.879 bits per heavy atom. The highest BCUT2D eigenvalue weighted by Gasteiger charge is 2.16. The van der Waals surface area contributed by atoms with E-state index in [-0.39, 0.29) is 41.6 Å². The fraction of sp³-hybridized carbons (Fsp3) is 0.259. The first-order valence-corrected chi connectivity index (χ1v) is 10.0. The lowest BCUT2D eigenvalue weighted by Crippen LogP contribution is -2.20. The van der Waals surface area contributed by atoms with Crippen LogP contribution in [0.25, 0.3) is 0 Å². The van der Waals surface area contributed by atoms with Crippen molar-refractivity contribution in [2.45, 2.75) is 26.1 Å². The average molecular weight is 463 g/mol. The summed E-state index contributed by atoms with van der Waals surface area (Å²) in [6, 6.07) is 0. The van der Waals surface area contributed by atoms with Gasteiger partial charge in [0.15, 0.2) is 11.6 Å². The molecule has 0 aromatic rings. The molecule has 0 aliphatic heterocycles. The largest absolute Gasteiger partial charge is 0.487 e. The predicted octanol–water partition coefficient (Wildman–Crippen LogP) is 7.48. The van der Waals surface area contributed by atoms with Crippen LogP contribution in [0.15, 0.2) is 121 Å². The lowest BCUT2D eigenvalue weighted by molar-refractivity contribution is -0.00132. The highest BCUT2D eigenvalue weighted by Crippen LogP contribution is 2.27. The van der Waals surface area contributed by atoms with Gasteiger partial charge in [0.05, 0.1) is 18.8 Å². The molecule has 0 aromatic heterocycles. The summed E-state index contributed by atoms with van der Waals surface area (Å²) in [5.74, 6) is -3.66. The maximum Gasteiger partial charge on any atom is 0.200 e. The Kier molecular flexibility index (Phi) is 13.5. The molecule has 0 N–H and O–H groups in total. The highest BCUT2D eigenvalue weighted by molar-refractivity contribution is 5.52. The fourth-order valence-corrected chi connectivity index (χ4v) is 2.01. The predicted molar refractivity (Wildman–Crippen MR) is 130 cm³/mol. The lowest BCUT2D eigenvalue weighted by Gasteiger charge is -2.17. The molecule has 0 fully saturated rings. The molecule has 0 radical (unpaired) electrons. The zero-order valence-corrected chi connectivity index (χ0v) is 19.7. The van der Waals surface area contributed by atoms with E-state index in [1.165, 1.54) is 18.2 Å². The van der Waals surface area contributed by atoms with E-state index in [0.717, 1.165) is 6.08 Å². The Hall–Kier alpha value is -3.09. The summed E-state index contributed by atoms with van der Waals surface area (Å²) in [4.78, 5) is 0. The summed E-state index contributed by atoms with van der Waals surface area (Å²) < 4.78 is 58.4. The van der Waals surface area contributed by atoms with Crippen molar-refractivity contribution in [3.63, 3.8) is 0 Å². The second-order valence-corrected chi connectivity index (χ2v) is 7.08. The molecular formula is C27H33F3O3. The Balaban J connectivity index is 5.14. The van der Waals surface area contributed by atoms with Crippen molar-refractivity contribution in [2.24, 2.45) is 0 Å². The number of methoxy groups -OCH3 is 1. The van der Waals surface area contributed by atoms with E-state index in [1.807, 2.05) is 6.92 Å². The van der Waals surface area contributed by atoms with E-state index >= 15 is 0 Å². The molecule has 180 valence electrons. The van der Waals surface area contributed by atoms with Crippen LogP contribution in [0.3, 0.4) is 0 Å². The summed E-state index contributed by atoms with van der Waals surface area (Å²) in [5, 5.41) is 0. The third-order valence-electron chi connectivity index (χ3n) is 4.45. The van der Waals surface area contributed by atoms with E-state index < -0.39 is 29.3 Å². The quantitative estimate of drug-likeness (QED) is 0.135. The first-order chi connectivity index (χ1) is 15.4. The minimum Gasteiger partial charge on any atom is -0.487 e. The van der Waals surface area contributed by atoms with Crippen molar-refractivity contribution in [1.29, 1.82) is 0 Å². The van der Waals surface area contributed by atoms with Gasteiger partial charge in [-0.1, -0.05) is 64.3 Å². The van der Waals surface area contributed by atoms with Crippen LogP contribution in [-0.2, 0) is 14.2 Å². The third-order valence-corrected chi connectivity index (χ3v) is 4.45. The second kappa shape index (κ2) is 14.9. The maximum atomic E-state index is 14.5. The number of allylic oxidation sites excluding steroid dienone is 9. The molecule has 0 saturated heterocycles. The summed E-state index contributed by atoms with van der Waals surface area (Å²) in [7, 11) is 1.55. The first kappa shape index (κ1) is 29.9. The van der Waals surface area contributed by atoms with E-state index in [1.54, 1.807) is 14.0 Å². The molecule has 0 amide bonds. The van der Waals surface area contributed by atoms with Crippen molar-refractivity contribution in [1.82, 2.24) is 0 Å². The van der Waals surface area contributed by atoms with Gasteiger partial charge in [-0.25, -0.2) is 8.78 Å². The van der Waals surface area contributed by atoms with Crippen molar-refractivity contribution in [3.8, 4) is 0 Å². The standard InChI is InChI=1S/C27H33F3O3/c1-11-14-32-24(9)27(30)26(29)21(6)18(3)13-12-17(2)19(4)15-25(28)22(7)23(8)33-16-20(5)31-10/h11-13,15,20,23H,1-4,6-7,9,14,16H2,5,8,10H3/b13-12-,25-15+,27-26-. The molecule has 2 unspecified atom stereocenters. The number of hydrogen-bond donors (Lipinski definition) is 0. The molecule has 0 aliphatic carbocycles. The summed E-state index contributed by atoms with van der Waals surface area (Å²) in [6.45, 7) is 28.9. The average Bonchev–Trinajstić information content (AvgIpc) is 2.81. The Morgan fingerprint density at radius 3 is 2.00 bits per heavy atom. The molecule has 0 rings (SSSR count). The smallest absolute Gasteiger partial charge is 0.200 e. The van der Waals surface area contributed by atoms with Gasteiger partial charge in [0.25, 0.3) is 0 Å². The molecule has 33 heavy (non-hydrogen) atoms. The lowest BCUT2D eigenvalue weighted by atomic mass is 10.0. The van der Waals surface area contributed by atoms with Crippen LogP contribution in [-0.4, -0.2) is 32.5 Å². The van der Waals surface area contributed by atoms with E-state index in [0.29, 0.717) is 5.57 Å². The molecule has 0 bridgehead atoms. The number of halogens is 3. The zero-order valence-electron chi connectivity index (χ0n) is 19.7. The van der Waals surface area contributed by atoms with Crippen molar-refractivity contribution in [2.75, 3.05) is 20.3 Å². The molecule has 6 heteroatoms. The Morgan fingerprint density at radius 2 is 1.45 bits per heavy atom. The molecule has 0 spiro atoms. The first-order valence-electron chi connectivity index (χ1n) is 10.0. The summed E-state index contributed by atoms with van der Waals surface area (Å²) >= 11 is 0. The van der Waals surface area contributed by atoms with E-state index in [9.17, 15) is 13.2 Å². The van der Waals surface area contributed by atoms with Crippen LogP contribution < -0.4 is 0 Å². The third kappa shape index (κ3) is 10.4. The van der Waals surface area contributed by atoms with Crippen molar-refractivity contribution < 1.29 is 27.4 Å². The Labute approximate surface area is 195 Å². The molecule has 3 nitrogen and oxygen atoms in total. The Bertz CT molecular complexity index is 904. The molecule has 2 atom stereocenters. The minimum absolute atomic E-state index is 0.0253. The van der Waals surface area contributed by atoms with Gasteiger partial charge in [0.1, 0.15) is 12.4 Å². The minimum atomic E-state index is -1.29. The number of hydrogen-bond acceptors (Lipinski definition) is 3.